The molecule has 6 heteroatoms. The molecule has 2 rings (SSSR count). The monoisotopic (exact) mass is 382 g/mol. The minimum atomic E-state index is -0.518. The molecule has 1 atom stereocenters. The number of aromatic nitrogens is 2. The SMILES string of the molecule is Cc1nn(C)c(Cl)c1CC(O)c1csc(I)c1. The Morgan fingerprint density at radius 1 is 1.65 bits per heavy atom. The molecule has 0 aliphatic heterocycles. The van der Waals surface area contributed by atoms with E-state index >= 15 is 0 Å². The second-order valence-electron chi connectivity index (χ2n) is 3.88. The molecular formula is C11H12ClIN2OS. The van der Waals surface area contributed by atoms with E-state index in [1.807, 2.05) is 18.4 Å². The molecule has 0 saturated heterocycles. The lowest BCUT2D eigenvalue weighted by atomic mass is 10.0. The van der Waals surface area contributed by atoms with Crippen molar-refractivity contribution in [3.63, 3.8) is 0 Å². The van der Waals surface area contributed by atoms with E-state index in [1.54, 1.807) is 23.1 Å². The molecule has 2 aromatic heterocycles. The van der Waals surface area contributed by atoms with Crippen molar-refractivity contribution >= 4 is 45.5 Å². The van der Waals surface area contributed by atoms with Crippen molar-refractivity contribution in [3.05, 3.63) is 36.3 Å². The van der Waals surface area contributed by atoms with Crippen LogP contribution >= 0.6 is 45.5 Å². The summed E-state index contributed by atoms with van der Waals surface area (Å²) in [5.41, 5.74) is 2.74. The van der Waals surface area contributed by atoms with Crippen LogP contribution in [-0.2, 0) is 13.5 Å². The molecule has 0 fully saturated rings. The Kier molecular flexibility index (Phi) is 4.12. The number of rotatable bonds is 3. The summed E-state index contributed by atoms with van der Waals surface area (Å²) >= 11 is 10.0. The minimum Gasteiger partial charge on any atom is -0.388 e. The van der Waals surface area contributed by atoms with E-state index in [0.717, 1.165) is 16.8 Å². The quantitative estimate of drug-likeness (QED) is 0.827. The first-order valence-corrected chi connectivity index (χ1v) is 7.42. The van der Waals surface area contributed by atoms with Crippen LogP contribution in [0.5, 0.6) is 0 Å². The Balaban J connectivity index is 2.21. The van der Waals surface area contributed by atoms with Crippen LogP contribution in [0.2, 0.25) is 5.15 Å². The Morgan fingerprint density at radius 2 is 2.35 bits per heavy atom. The first kappa shape index (κ1) is 13.3. The van der Waals surface area contributed by atoms with Crippen molar-refractivity contribution in [2.24, 2.45) is 7.05 Å². The van der Waals surface area contributed by atoms with Crippen LogP contribution in [0.3, 0.4) is 0 Å². The Labute approximate surface area is 123 Å². The number of aliphatic hydroxyl groups is 1. The predicted molar refractivity (Wildman–Crippen MR) is 78.7 cm³/mol. The average molecular weight is 383 g/mol. The molecule has 17 heavy (non-hydrogen) atoms. The molecule has 2 aromatic rings. The van der Waals surface area contributed by atoms with Gasteiger partial charge in [-0.2, -0.15) is 5.10 Å². The molecule has 2 heterocycles. The maximum absolute atomic E-state index is 10.2. The van der Waals surface area contributed by atoms with Crippen molar-refractivity contribution < 1.29 is 5.11 Å². The largest absolute Gasteiger partial charge is 0.388 e. The Bertz CT molecular complexity index is 538. The Morgan fingerprint density at radius 3 is 2.82 bits per heavy atom. The second kappa shape index (κ2) is 5.26. The van der Waals surface area contributed by atoms with Gasteiger partial charge in [-0.15, -0.1) is 11.3 Å². The highest BCUT2D eigenvalue weighted by Crippen LogP contribution is 2.28. The molecule has 92 valence electrons. The van der Waals surface area contributed by atoms with Gasteiger partial charge in [0.2, 0.25) is 0 Å². The molecule has 0 saturated carbocycles. The lowest BCUT2D eigenvalue weighted by Crippen LogP contribution is -2.01. The number of halogens is 2. The number of aryl methyl sites for hydroxylation is 2. The van der Waals surface area contributed by atoms with Gasteiger partial charge in [-0.3, -0.25) is 4.68 Å². The third kappa shape index (κ3) is 2.83. The van der Waals surface area contributed by atoms with Crippen molar-refractivity contribution in [2.45, 2.75) is 19.4 Å². The van der Waals surface area contributed by atoms with Crippen LogP contribution in [0.4, 0.5) is 0 Å². The summed E-state index contributed by atoms with van der Waals surface area (Å²) in [5, 5.41) is 17.0. The topological polar surface area (TPSA) is 38.0 Å². The lowest BCUT2D eigenvalue weighted by Gasteiger charge is -2.08. The minimum absolute atomic E-state index is 0.505. The first-order valence-electron chi connectivity index (χ1n) is 5.09. The highest BCUT2D eigenvalue weighted by Gasteiger charge is 2.17. The zero-order valence-electron chi connectivity index (χ0n) is 9.44. The fourth-order valence-corrected chi connectivity index (χ4v) is 3.39. The molecular weight excluding hydrogens is 371 g/mol. The normalized spacial score (nSPS) is 13.0. The van der Waals surface area contributed by atoms with E-state index in [0.29, 0.717) is 11.6 Å². The van der Waals surface area contributed by atoms with E-state index in [9.17, 15) is 5.11 Å². The number of nitrogens with zero attached hydrogens (tertiary/aromatic N) is 2. The zero-order valence-corrected chi connectivity index (χ0v) is 13.2. The van der Waals surface area contributed by atoms with E-state index in [1.165, 1.54) is 2.88 Å². The molecule has 0 amide bonds. The standard InChI is InChI=1S/C11H12ClIN2OS/c1-6-8(11(12)15(2)14-6)4-9(16)7-3-10(13)17-5-7/h3,5,9,16H,4H2,1-2H3. The molecule has 0 radical (unpaired) electrons. The second-order valence-corrected chi connectivity index (χ2v) is 7.05. The molecule has 0 aliphatic rings. The number of thiophene rings is 1. The Hall–Kier alpha value is -0.110. The molecule has 3 nitrogen and oxygen atoms in total. The highest BCUT2D eigenvalue weighted by molar-refractivity contribution is 14.1. The van der Waals surface area contributed by atoms with Gasteiger partial charge < -0.3 is 5.11 Å². The van der Waals surface area contributed by atoms with Crippen molar-refractivity contribution in [3.8, 4) is 0 Å². The number of aliphatic hydroxyl groups excluding tert-OH is 1. The summed E-state index contributed by atoms with van der Waals surface area (Å²) in [6.45, 7) is 1.91. The third-order valence-electron chi connectivity index (χ3n) is 2.64. The molecule has 1 N–H and O–H groups in total. The van der Waals surface area contributed by atoms with Gasteiger partial charge >= 0.3 is 0 Å². The van der Waals surface area contributed by atoms with Crippen LogP contribution in [0.1, 0.15) is 22.9 Å². The first-order chi connectivity index (χ1) is 7.99. The summed E-state index contributed by atoms with van der Waals surface area (Å²) < 4.78 is 2.81. The summed E-state index contributed by atoms with van der Waals surface area (Å²) in [5.74, 6) is 0. The van der Waals surface area contributed by atoms with Crippen molar-refractivity contribution in [1.29, 1.82) is 0 Å². The molecule has 1 unspecified atom stereocenters. The van der Waals surface area contributed by atoms with Crippen LogP contribution in [0.15, 0.2) is 11.4 Å². The maximum atomic E-state index is 10.2. The van der Waals surface area contributed by atoms with Gasteiger partial charge in [-0.25, -0.2) is 0 Å². The fourth-order valence-electron chi connectivity index (χ4n) is 1.72. The average Bonchev–Trinajstić information content (AvgIpc) is 2.79. The summed E-state index contributed by atoms with van der Waals surface area (Å²) in [7, 11) is 1.80. The van der Waals surface area contributed by atoms with Gasteiger partial charge in [-0.1, -0.05) is 11.6 Å². The number of hydrogen-bond acceptors (Lipinski definition) is 3. The fraction of sp³-hybridized carbons (Fsp3) is 0.364. The summed E-state index contributed by atoms with van der Waals surface area (Å²) in [6.07, 6.45) is -0.0131. The predicted octanol–water partition coefficient (Wildman–Crippen LogP) is 3.32. The van der Waals surface area contributed by atoms with Gasteiger partial charge in [0, 0.05) is 19.0 Å². The summed E-state index contributed by atoms with van der Waals surface area (Å²) in [6, 6.07) is 2.00. The van der Waals surface area contributed by atoms with Crippen LogP contribution in [0.25, 0.3) is 0 Å². The van der Waals surface area contributed by atoms with Gasteiger partial charge in [0.15, 0.2) is 0 Å². The molecule has 0 bridgehead atoms. The third-order valence-corrected chi connectivity index (χ3v) is 4.92. The number of hydrogen-bond donors (Lipinski definition) is 1. The smallest absolute Gasteiger partial charge is 0.130 e. The maximum Gasteiger partial charge on any atom is 0.130 e. The molecule has 0 aromatic carbocycles. The van der Waals surface area contributed by atoms with Gasteiger partial charge in [0.1, 0.15) is 5.15 Å². The van der Waals surface area contributed by atoms with Crippen molar-refractivity contribution in [2.75, 3.05) is 0 Å². The van der Waals surface area contributed by atoms with Gasteiger partial charge in [0.05, 0.1) is 14.7 Å². The molecule has 0 spiro atoms. The lowest BCUT2D eigenvalue weighted by molar-refractivity contribution is 0.178. The van der Waals surface area contributed by atoms with Crippen LogP contribution in [0, 0.1) is 9.81 Å². The van der Waals surface area contributed by atoms with E-state index in [2.05, 4.69) is 27.7 Å². The summed E-state index contributed by atoms with van der Waals surface area (Å²) in [4.78, 5) is 0. The van der Waals surface area contributed by atoms with Crippen LogP contribution < -0.4 is 0 Å². The molecule has 0 aliphatic carbocycles. The van der Waals surface area contributed by atoms with E-state index in [4.69, 9.17) is 11.6 Å². The van der Waals surface area contributed by atoms with Gasteiger partial charge in [-0.05, 0) is 46.5 Å². The van der Waals surface area contributed by atoms with Gasteiger partial charge in [0.25, 0.3) is 0 Å². The van der Waals surface area contributed by atoms with E-state index in [-0.39, 0.29) is 0 Å². The highest BCUT2D eigenvalue weighted by atomic mass is 127. The van der Waals surface area contributed by atoms with Crippen molar-refractivity contribution in [1.82, 2.24) is 9.78 Å². The zero-order chi connectivity index (χ0) is 12.6. The van der Waals surface area contributed by atoms with Crippen LogP contribution in [-0.4, -0.2) is 14.9 Å². The van der Waals surface area contributed by atoms with E-state index < -0.39 is 6.10 Å².